The molecule has 0 amide bonds. The highest BCUT2D eigenvalue weighted by Crippen LogP contribution is 2.45. The molecule has 0 heterocycles. The lowest BCUT2D eigenvalue weighted by Gasteiger charge is -2.36. The summed E-state index contributed by atoms with van der Waals surface area (Å²) in [5.74, 6) is -3.56. The molecular formula is C19H15BrClNO6S. The summed E-state index contributed by atoms with van der Waals surface area (Å²) in [6.45, 7) is 0. The summed E-state index contributed by atoms with van der Waals surface area (Å²) in [6, 6.07) is 7.22. The first-order valence-electron chi connectivity index (χ1n) is 8.42. The quantitative estimate of drug-likeness (QED) is 0.561. The summed E-state index contributed by atoms with van der Waals surface area (Å²) in [5.41, 5.74) is -1.21. The zero-order valence-electron chi connectivity index (χ0n) is 14.8. The third-order valence-electron chi connectivity index (χ3n) is 5.07. The summed E-state index contributed by atoms with van der Waals surface area (Å²) < 4.78 is 26.1. The topological polar surface area (TPSA) is 136 Å². The number of carbonyl (C=O) groups is 1. The molecule has 1 aliphatic carbocycles. The number of rotatable bonds is 5. The van der Waals surface area contributed by atoms with Crippen LogP contribution in [0.2, 0.25) is 5.02 Å². The molecule has 0 saturated heterocycles. The molecule has 29 heavy (non-hydrogen) atoms. The molecule has 7 nitrogen and oxygen atoms in total. The number of aromatic hydroxyl groups is 2. The molecule has 1 fully saturated rings. The van der Waals surface area contributed by atoms with Crippen LogP contribution in [-0.4, -0.2) is 29.7 Å². The highest BCUT2D eigenvalue weighted by molar-refractivity contribution is 9.10. The molecule has 0 atom stereocenters. The first-order valence-corrected chi connectivity index (χ1v) is 11.2. The van der Waals surface area contributed by atoms with Crippen LogP contribution in [0, 0.1) is 11.3 Å². The number of hydrogen-bond acceptors (Lipinski definition) is 6. The smallest absolute Gasteiger partial charge is 0.339 e. The van der Waals surface area contributed by atoms with Crippen molar-refractivity contribution in [2.75, 3.05) is 0 Å². The van der Waals surface area contributed by atoms with Crippen LogP contribution in [0.4, 0.5) is 0 Å². The number of aromatic carboxylic acids is 1. The van der Waals surface area contributed by atoms with Gasteiger partial charge in [-0.25, -0.2) is 13.2 Å². The molecular weight excluding hydrogens is 486 g/mol. The van der Waals surface area contributed by atoms with Crippen molar-refractivity contribution < 1.29 is 28.5 Å². The molecule has 0 aromatic heterocycles. The monoisotopic (exact) mass is 499 g/mol. The summed E-state index contributed by atoms with van der Waals surface area (Å²) in [6.07, 6.45) is 1.82. The average molecular weight is 501 g/mol. The van der Waals surface area contributed by atoms with Gasteiger partial charge < -0.3 is 15.3 Å². The first-order chi connectivity index (χ1) is 13.5. The van der Waals surface area contributed by atoms with Crippen LogP contribution in [0.5, 0.6) is 11.5 Å². The van der Waals surface area contributed by atoms with Crippen LogP contribution in [0.15, 0.2) is 33.6 Å². The van der Waals surface area contributed by atoms with Crippen LogP contribution in [0.3, 0.4) is 0 Å². The number of benzene rings is 2. The van der Waals surface area contributed by atoms with E-state index in [0.717, 1.165) is 12.5 Å². The minimum absolute atomic E-state index is 0.170. The maximum Gasteiger partial charge on any atom is 0.339 e. The Morgan fingerprint density at radius 3 is 2.38 bits per heavy atom. The molecule has 3 N–H and O–H groups in total. The Morgan fingerprint density at radius 2 is 1.86 bits per heavy atom. The number of hydrogen-bond donors (Lipinski definition) is 3. The van der Waals surface area contributed by atoms with E-state index in [0.29, 0.717) is 22.9 Å². The van der Waals surface area contributed by atoms with Gasteiger partial charge in [0.25, 0.3) is 0 Å². The van der Waals surface area contributed by atoms with E-state index in [9.17, 15) is 33.8 Å². The molecule has 0 bridgehead atoms. The van der Waals surface area contributed by atoms with Crippen LogP contribution < -0.4 is 0 Å². The molecule has 2 aromatic rings. The van der Waals surface area contributed by atoms with Crippen molar-refractivity contribution in [3.05, 3.63) is 50.5 Å². The zero-order chi connectivity index (χ0) is 21.6. The fraction of sp³-hybridized carbons (Fsp3) is 0.263. The maximum absolute atomic E-state index is 12.9. The Kier molecular flexibility index (Phi) is 5.56. The standard InChI is InChI=1S/C19H15BrClNO6S/c20-12-6-14(21)17(24)15(7-12)29(27,28)8-10-4-11(19(9-22)2-1-3-19)5-13(16(10)23)18(25)26/h4-7,23-24H,1-3,8H2,(H,25,26). The van der Waals surface area contributed by atoms with Gasteiger partial charge in [-0.3, -0.25) is 0 Å². The van der Waals surface area contributed by atoms with Crippen LogP contribution in [0.1, 0.15) is 40.7 Å². The summed E-state index contributed by atoms with van der Waals surface area (Å²) >= 11 is 8.96. The van der Waals surface area contributed by atoms with Crippen LogP contribution in [0.25, 0.3) is 0 Å². The van der Waals surface area contributed by atoms with Crippen molar-refractivity contribution in [2.45, 2.75) is 35.3 Å². The molecule has 2 aromatic carbocycles. The lowest BCUT2D eigenvalue weighted by molar-refractivity contribution is 0.0693. The predicted molar refractivity (Wildman–Crippen MR) is 108 cm³/mol. The van der Waals surface area contributed by atoms with Gasteiger partial charge in [0.2, 0.25) is 0 Å². The van der Waals surface area contributed by atoms with E-state index in [1.807, 2.05) is 0 Å². The van der Waals surface area contributed by atoms with Gasteiger partial charge in [-0.1, -0.05) is 27.5 Å². The van der Waals surface area contributed by atoms with E-state index < -0.39 is 48.9 Å². The predicted octanol–water partition coefficient (Wildman–Crippen LogP) is 4.13. The van der Waals surface area contributed by atoms with E-state index in [1.54, 1.807) is 0 Å². The van der Waals surface area contributed by atoms with Gasteiger partial charge in [0.05, 0.1) is 22.3 Å². The van der Waals surface area contributed by atoms with Crippen molar-refractivity contribution in [3.8, 4) is 17.6 Å². The lowest BCUT2D eigenvalue weighted by atomic mass is 9.65. The van der Waals surface area contributed by atoms with E-state index >= 15 is 0 Å². The van der Waals surface area contributed by atoms with Gasteiger partial charge >= 0.3 is 5.97 Å². The first kappa shape index (κ1) is 21.4. The third kappa shape index (κ3) is 3.80. The van der Waals surface area contributed by atoms with Gasteiger partial charge in [-0.2, -0.15) is 5.26 Å². The second-order valence-electron chi connectivity index (χ2n) is 6.88. The number of halogens is 2. The molecule has 0 spiro atoms. The molecule has 3 rings (SSSR count). The third-order valence-corrected chi connectivity index (χ3v) is 7.49. The number of nitriles is 1. The van der Waals surface area contributed by atoms with E-state index in [-0.39, 0.29) is 10.6 Å². The largest absolute Gasteiger partial charge is 0.507 e. The summed E-state index contributed by atoms with van der Waals surface area (Å²) in [5, 5.41) is 39.3. The number of carboxylic acid groups (broad SMARTS) is 1. The number of phenols is 2. The van der Waals surface area contributed by atoms with Crippen molar-refractivity contribution in [3.63, 3.8) is 0 Å². The van der Waals surface area contributed by atoms with Crippen LogP contribution in [-0.2, 0) is 21.0 Å². The Bertz CT molecular complexity index is 1170. The minimum atomic E-state index is -4.21. The molecule has 0 aliphatic heterocycles. The van der Waals surface area contributed by atoms with E-state index in [1.165, 1.54) is 18.2 Å². The second kappa shape index (κ2) is 7.52. The van der Waals surface area contributed by atoms with Gasteiger partial charge in [-0.15, -0.1) is 0 Å². The molecule has 1 aliphatic rings. The highest BCUT2D eigenvalue weighted by atomic mass is 79.9. The molecule has 10 heteroatoms. The number of phenolic OH excluding ortho intramolecular Hbond substituents is 1. The summed E-state index contributed by atoms with van der Waals surface area (Å²) in [7, 11) is -4.21. The van der Waals surface area contributed by atoms with Gasteiger partial charge in [0.15, 0.2) is 15.6 Å². The van der Waals surface area contributed by atoms with E-state index in [4.69, 9.17) is 11.6 Å². The second-order valence-corrected chi connectivity index (χ2v) is 10.2. The number of carboxylic acids is 1. The van der Waals surface area contributed by atoms with Gasteiger partial charge in [0.1, 0.15) is 16.2 Å². The Balaban J connectivity index is 2.15. The van der Waals surface area contributed by atoms with Crippen molar-refractivity contribution >= 4 is 43.3 Å². The number of nitrogens with zero attached hydrogens (tertiary/aromatic N) is 1. The molecule has 152 valence electrons. The molecule has 0 radical (unpaired) electrons. The normalized spacial score (nSPS) is 15.3. The SMILES string of the molecule is N#CC1(c2cc(CS(=O)(=O)c3cc(Br)cc(Cl)c3O)c(O)c(C(=O)O)c2)CCC1. The maximum atomic E-state index is 12.9. The van der Waals surface area contributed by atoms with E-state index in [2.05, 4.69) is 22.0 Å². The van der Waals surface area contributed by atoms with Gasteiger partial charge in [-0.05, 0) is 49.1 Å². The fourth-order valence-electron chi connectivity index (χ4n) is 3.30. The molecule has 0 unspecified atom stereocenters. The van der Waals surface area contributed by atoms with Crippen molar-refractivity contribution in [2.24, 2.45) is 0 Å². The minimum Gasteiger partial charge on any atom is -0.507 e. The highest BCUT2D eigenvalue weighted by Gasteiger charge is 2.40. The number of sulfone groups is 1. The molecule has 1 saturated carbocycles. The summed E-state index contributed by atoms with van der Waals surface area (Å²) in [4.78, 5) is 11.1. The Labute approximate surface area is 180 Å². The Morgan fingerprint density at radius 1 is 1.21 bits per heavy atom. The van der Waals surface area contributed by atoms with Crippen LogP contribution >= 0.6 is 27.5 Å². The fourth-order valence-corrected chi connectivity index (χ4v) is 5.81. The Hall–Kier alpha value is -2.28. The zero-order valence-corrected chi connectivity index (χ0v) is 18.0. The van der Waals surface area contributed by atoms with Crippen molar-refractivity contribution in [1.29, 1.82) is 5.26 Å². The van der Waals surface area contributed by atoms with Crippen molar-refractivity contribution in [1.82, 2.24) is 0 Å². The van der Waals surface area contributed by atoms with Gasteiger partial charge in [0, 0.05) is 10.0 Å². The average Bonchev–Trinajstić information content (AvgIpc) is 2.59. The lowest BCUT2D eigenvalue weighted by Crippen LogP contribution is -2.32.